The highest BCUT2D eigenvalue weighted by atomic mass is 35.5. The average molecular weight is 474 g/mol. The van der Waals surface area contributed by atoms with Gasteiger partial charge in [-0.3, -0.25) is 0 Å². The standard InChI is InChI=1S/C26H16ClNO4S/c1-15-10-12-16(13-11-15)25(29)31-20-8-4-2-6-17(20)14-19-26(30)32-24(28-19)23-22(27)18-7-3-5-9-21(18)33-23/h2-14H,1H3/b19-14+. The number of nitrogens with zero attached hydrogens (tertiary/aromatic N) is 1. The van der Waals surface area contributed by atoms with E-state index in [1.807, 2.05) is 43.3 Å². The first kappa shape index (κ1) is 21.1. The maximum absolute atomic E-state index is 12.6. The number of carbonyl (C=O) groups excluding carboxylic acids is 2. The molecule has 0 atom stereocenters. The van der Waals surface area contributed by atoms with E-state index in [-0.39, 0.29) is 11.6 Å². The molecule has 0 amide bonds. The largest absolute Gasteiger partial charge is 0.422 e. The Morgan fingerprint density at radius 3 is 2.55 bits per heavy atom. The number of rotatable bonds is 4. The molecular formula is C26H16ClNO4S. The van der Waals surface area contributed by atoms with Crippen molar-refractivity contribution in [2.24, 2.45) is 4.99 Å². The zero-order chi connectivity index (χ0) is 22.9. The molecular weight excluding hydrogens is 458 g/mol. The first-order chi connectivity index (χ1) is 16.0. The highest BCUT2D eigenvalue weighted by Crippen LogP contribution is 2.37. The fourth-order valence-electron chi connectivity index (χ4n) is 3.35. The Morgan fingerprint density at radius 1 is 1.03 bits per heavy atom. The lowest BCUT2D eigenvalue weighted by atomic mass is 10.1. The van der Waals surface area contributed by atoms with E-state index in [1.54, 1.807) is 36.4 Å². The number of fused-ring (bicyclic) bond motifs is 1. The fraction of sp³-hybridized carbons (Fsp3) is 0.0385. The second-order valence-electron chi connectivity index (χ2n) is 7.37. The Morgan fingerprint density at radius 2 is 1.76 bits per heavy atom. The van der Waals surface area contributed by atoms with Gasteiger partial charge in [-0.25, -0.2) is 14.6 Å². The van der Waals surface area contributed by atoms with Crippen molar-refractivity contribution in [3.05, 3.63) is 105 Å². The summed E-state index contributed by atoms with van der Waals surface area (Å²) in [5.74, 6) is -0.618. The summed E-state index contributed by atoms with van der Waals surface area (Å²) in [6.07, 6.45) is 1.54. The number of carbonyl (C=O) groups is 2. The molecule has 0 fully saturated rings. The number of thiophene rings is 1. The molecule has 3 aromatic carbocycles. The summed E-state index contributed by atoms with van der Waals surface area (Å²) in [7, 11) is 0. The van der Waals surface area contributed by atoms with Gasteiger partial charge >= 0.3 is 11.9 Å². The Hall–Kier alpha value is -3.74. The Kier molecular flexibility index (Phi) is 5.54. The molecule has 4 aromatic rings. The Labute approximate surface area is 198 Å². The summed E-state index contributed by atoms with van der Waals surface area (Å²) in [6, 6.07) is 21.7. The molecule has 0 unspecified atom stereocenters. The third-order valence-electron chi connectivity index (χ3n) is 5.05. The van der Waals surface area contributed by atoms with Crippen molar-refractivity contribution in [3.8, 4) is 5.75 Å². The van der Waals surface area contributed by atoms with Crippen LogP contribution in [0.4, 0.5) is 0 Å². The topological polar surface area (TPSA) is 65.0 Å². The SMILES string of the molecule is Cc1ccc(C(=O)Oc2ccccc2/C=C2/N=C(c3sc4ccccc4c3Cl)OC2=O)cc1. The lowest BCUT2D eigenvalue weighted by Gasteiger charge is -2.07. The molecule has 1 aliphatic heterocycles. The second-order valence-corrected chi connectivity index (χ2v) is 8.80. The van der Waals surface area contributed by atoms with Gasteiger partial charge in [-0.15, -0.1) is 11.3 Å². The number of cyclic esters (lactones) is 1. The van der Waals surface area contributed by atoms with Crippen molar-refractivity contribution < 1.29 is 19.1 Å². The van der Waals surface area contributed by atoms with Crippen molar-refractivity contribution in [2.45, 2.75) is 6.92 Å². The summed E-state index contributed by atoms with van der Waals surface area (Å²) < 4.78 is 12.0. The van der Waals surface area contributed by atoms with Crippen LogP contribution < -0.4 is 4.74 Å². The lowest BCUT2D eigenvalue weighted by Crippen LogP contribution is -2.09. The smallest absolute Gasteiger partial charge is 0.363 e. The zero-order valence-corrected chi connectivity index (χ0v) is 18.9. The van der Waals surface area contributed by atoms with Crippen molar-refractivity contribution in [3.63, 3.8) is 0 Å². The molecule has 5 rings (SSSR count). The van der Waals surface area contributed by atoms with Crippen LogP contribution in [-0.2, 0) is 9.53 Å². The van der Waals surface area contributed by atoms with E-state index in [0.29, 0.717) is 26.8 Å². The number of benzene rings is 3. The van der Waals surface area contributed by atoms with E-state index in [2.05, 4.69) is 4.99 Å². The van der Waals surface area contributed by atoms with E-state index < -0.39 is 11.9 Å². The molecule has 0 N–H and O–H groups in total. The predicted octanol–water partition coefficient (Wildman–Crippen LogP) is 6.43. The van der Waals surface area contributed by atoms with Crippen molar-refractivity contribution in [1.82, 2.24) is 0 Å². The zero-order valence-electron chi connectivity index (χ0n) is 17.4. The van der Waals surface area contributed by atoms with Gasteiger partial charge in [-0.1, -0.05) is 65.7 Å². The number of aliphatic imine (C=N–C) groups is 1. The normalized spacial score (nSPS) is 14.4. The monoisotopic (exact) mass is 473 g/mol. The van der Waals surface area contributed by atoms with Crippen molar-refractivity contribution in [1.29, 1.82) is 0 Å². The van der Waals surface area contributed by atoms with Gasteiger partial charge in [0, 0.05) is 15.6 Å². The number of hydrogen-bond donors (Lipinski definition) is 0. The number of hydrogen-bond acceptors (Lipinski definition) is 6. The van der Waals surface area contributed by atoms with Gasteiger partial charge in [-0.2, -0.15) is 0 Å². The highest BCUT2D eigenvalue weighted by Gasteiger charge is 2.28. The fourth-order valence-corrected chi connectivity index (χ4v) is 4.78. The summed E-state index contributed by atoms with van der Waals surface area (Å²) >= 11 is 7.91. The van der Waals surface area contributed by atoms with E-state index in [4.69, 9.17) is 21.1 Å². The van der Waals surface area contributed by atoms with Crippen LogP contribution in [0.5, 0.6) is 5.75 Å². The van der Waals surface area contributed by atoms with E-state index in [1.165, 1.54) is 17.4 Å². The molecule has 0 saturated carbocycles. The number of ether oxygens (including phenoxy) is 2. The van der Waals surface area contributed by atoms with Gasteiger partial charge in [0.15, 0.2) is 5.70 Å². The van der Waals surface area contributed by atoms with Crippen LogP contribution in [0.1, 0.15) is 26.4 Å². The van der Waals surface area contributed by atoms with Crippen LogP contribution in [0.25, 0.3) is 16.2 Å². The van der Waals surface area contributed by atoms with Crippen LogP contribution in [0.2, 0.25) is 5.02 Å². The summed E-state index contributed by atoms with van der Waals surface area (Å²) in [5, 5.41) is 1.37. The van der Waals surface area contributed by atoms with Gasteiger partial charge in [0.25, 0.3) is 0 Å². The summed E-state index contributed by atoms with van der Waals surface area (Å²) in [4.78, 5) is 30.0. The minimum Gasteiger partial charge on any atom is -0.422 e. The summed E-state index contributed by atoms with van der Waals surface area (Å²) in [6.45, 7) is 1.94. The molecule has 1 aromatic heterocycles. The molecule has 1 aliphatic rings. The van der Waals surface area contributed by atoms with E-state index >= 15 is 0 Å². The first-order valence-corrected chi connectivity index (χ1v) is 11.3. The van der Waals surface area contributed by atoms with Gasteiger partial charge in [0.2, 0.25) is 5.90 Å². The highest BCUT2D eigenvalue weighted by molar-refractivity contribution is 7.21. The lowest BCUT2D eigenvalue weighted by molar-refractivity contribution is -0.129. The third kappa shape index (κ3) is 4.18. The van der Waals surface area contributed by atoms with Crippen LogP contribution in [0, 0.1) is 6.92 Å². The Balaban J connectivity index is 1.46. The maximum atomic E-state index is 12.6. The molecule has 33 heavy (non-hydrogen) atoms. The van der Waals surface area contributed by atoms with Gasteiger partial charge < -0.3 is 9.47 Å². The molecule has 162 valence electrons. The minimum absolute atomic E-state index is 0.0948. The number of para-hydroxylation sites is 1. The predicted molar refractivity (Wildman–Crippen MR) is 130 cm³/mol. The molecule has 0 radical (unpaired) electrons. The Bertz CT molecular complexity index is 1470. The van der Waals surface area contributed by atoms with E-state index in [9.17, 15) is 9.59 Å². The maximum Gasteiger partial charge on any atom is 0.363 e. The molecule has 0 bridgehead atoms. The van der Waals surface area contributed by atoms with E-state index in [0.717, 1.165) is 15.6 Å². The number of esters is 2. The number of halogens is 1. The first-order valence-electron chi connectivity index (χ1n) is 10.1. The van der Waals surface area contributed by atoms with Crippen molar-refractivity contribution >= 4 is 56.9 Å². The second kappa shape index (κ2) is 8.65. The van der Waals surface area contributed by atoms with Crippen molar-refractivity contribution in [2.75, 3.05) is 0 Å². The molecule has 0 saturated heterocycles. The van der Waals surface area contributed by atoms with Crippen LogP contribution in [0.3, 0.4) is 0 Å². The molecule has 7 heteroatoms. The molecule has 0 spiro atoms. The quantitative estimate of drug-likeness (QED) is 0.195. The van der Waals surface area contributed by atoms with Gasteiger partial charge in [0.1, 0.15) is 10.6 Å². The molecule has 0 aliphatic carbocycles. The number of aryl methyl sites for hydroxylation is 1. The average Bonchev–Trinajstić information content (AvgIpc) is 3.35. The summed E-state index contributed by atoms with van der Waals surface area (Å²) in [5.41, 5.74) is 2.10. The third-order valence-corrected chi connectivity index (χ3v) is 6.71. The minimum atomic E-state index is -0.599. The van der Waals surface area contributed by atoms with Gasteiger partial charge in [0.05, 0.1) is 10.6 Å². The molecule has 5 nitrogen and oxygen atoms in total. The van der Waals surface area contributed by atoms with Crippen LogP contribution >= 0.6 is 22.9 Å². The van der Waals surface area contributed by atoms with Gasteiger partial charge in [-0.05, 0) is 37.3 Å². The van der Waals surface area contributed by atoms with Crippen LogP contribution in [0.15, 0.2) is 83.5 Å². The molecule has 2 heterocycles. The van der Waals surface area contributed by atoms with Crippen LogP contribution in [-0.4, -0.2) is 17.8 Å².